The van der Waals surface area contributed by atoms with Crippen LogP contribution in [-0.4, -0.2) is 30.3 Å². The van der Waals surface area contributed by atoms with Crippen molar-refractivity contribution < 1.29 is 4.79 Å². The van der Waals surface area contributed by atoms with E-state index in [4.69, 9.17) is 16.6 Å². The lowest BCUT2D eigenvalue weighted by Crippen LogP contribution is -2.28. The topological polar surface area (TPSA) is 77.1 Å². The van der Waals surface area contributed by atoms with Gasteiger partial charge < -0.3 is 9.72 Å². The Balaban J connectivity index is 1.08. The molecule has 33 heavy (non-hydrogen) atoms. The van der Waals surface area contributed by atoms with Crippen molar-refractivity contribution >= 4 is 23.2 Å². The van der Waals surface area contributed by atoms with Crippen LogP contribution in [0, 0.1) is 5.92 Å². The van der Waals surface area contributed by atoms with E-state index in [1.165, 1.54) is 18.4 Å². The molecule has 2 fully saturated rings. The van der Waals surface area contributed by atoms with E-state index in [1.54, 1.807) is 4.68 Å². The number of carbonyl (C=O) groups excluding carboxylic acids is 1. The van der Waals surface area contributed by atoms with Gasteiger partial charge in [0.2, 0.25) is 5.91 Å². The molecule has 4 aromatic rings. The van der Waals surface area contributed by atoms with E-state index in [-0.39, 0.29) is 23.8 Å². The van der Waals surface area contributed by atoms with Gasteiger partial charge in [-0.25, -0.2) is 9.67 Å². The highest BCUT2D eigenvalue weighted by atomic mass is 35.5. The van der Waals surface area contributed by atoms with E-state index in [2.05, 4.69) is 44.6 Å². The Labute approximate surface area is 196 Å². The minimum absolute atomic E-state index is 0.0144. The number of imidazole rings is 1. The number of rotatable bonds is 7. The molecule has 2 aliphatic rings. The summed E-state index contributed by atoms with van der Waals surface area (Å²) in [7, 11) is 0. The molecule has 6 rings (SSSR count). The zero-order chi connectivity index (χ0) is 22.5. The molecular weight excluding hydrogens is 436 g/mol. The normalized spacial score (nSPS) is 20.7. The molecule has 1 amide bonds. The third-order valence-corrected chi connectivity index (χ3v) is 6.89. The van der Waals surface area contributed by atoms with Crippen LogP contribution in [0.5, 0.6) is 0 Å². The van der Waals surface area contributed by atoms with Crippen LogP contribution >= 0.6 is 11.6 Å². The molecule has 0 radical (unpaired) electrons. The summed E-state index contributed by atoms with van der Waals surface area (Å²) in [5.74, 6) is 0.988. The number of nitrogens with zero attached hydrogens (tertiary/aromatic N) is 5. The van der Waals surface area contributed by atoms with Crippen molar-refractivity contribution in [3.63, 3.8) is 0 Å². The van der Waals surface area contributed by atoms with Crippen LogP contribution < -0.4 is 5.32 Å². The Bertz CT molecular complexity index is 1340. The molecule has 3 atom stereocenters. The number of nitrogens with one attached hydrogen (secondary N) is 1. The molecule has 168 valence electrons. The van der Waals surface area contributed by atoms with Gasteiger partial charge in [0.05, 0.1) is 24.5 Å². The molecule has 0 unspecified atom stereocenters. The molecule has 0 bridgehead atoms. The fourth-order valence-electron chi connectivity index (χ4n) is 4.54. The Morgan fingerprint density at radius 3 is 2.88 bits per heavy atom. The van der Waals surface area contributed by atoms with Crippen LogP contribution in [0.3, 0.4) is 0 Å². The van der Waals surface area contributed by atoms with Crippen molar-refractivity contribution in [1.82, 2.24) is 29.7 Å². The fraction of sp³-hybridized carbons (Fsp3) is 0.360. The maximum atomic E-state index is 12.7. The molecule has 1 N–H and O–H groups in total. The number of benzene rings is 1. The molecular formula is C25H25ClN6O. The number of aromatic nitrogens is 5. The van der Waals surface area contributed by atoms with Crippen molar-refractivity contribution in [2.24, 2.45) is 5.92 Å². The minimum Gasteiger partial charge on any atom is -0.348 e. The number of hydrogen-bond acceptors (Lipinski definition) is 4. The van der Waals surface area contributed by atoms with Gasteiger partial charge in [-0.2, -0.15) is 0 Å². The zero-order valence-corrected chi connectivity index (χ0v) is 19.1. The molecule has 2 aliphatic carbocycles. The van der Waals surface area contributed by atoms with Crippen molar-refractivity contribution in [2.45, 2.75) is 50.6 Å². The maximum absolute atomic E-state index is 12.7. The van der Waals surface area contributed by atoms with Crippen LogP contribution in [-0.2, 0) is 11.3 Å². The lowest BCUT2D eigenvalue weighted by Gasteiger charge is -2.11. The monoisotopic (exact) mass is 460 g/mol. The summed E-state index contributed by atoms with van der Waals surface area (Å²) in [6, 6.07) is 11.8. The van der Waals surface area contributed by atoms with Crippen molar-refractivity contribution in [2.75, 3.05) is 0 Å². The van der Waals surface area contributed by atoms with Crippen LogP contribution in [0.4, 0.5) is 0 Å². The van der Waals surface area contributed by atoms with Crippen molar-refractivity contribution in [1.29, 1.82) is 0 Å². The molecule has 1 aromatic carbocycles. The smallest absolute Gasteiger partial charge is 0.224 e. The van der Waals surface area contributed by atoms with E-state index in [0.717, 1.165) is 29.0 Å². The first-order valence-electron chi connectivity index (χ1n) is 11.5. The molecule has 0 spiro atoms. The summed E-state index contributed by atoms with van der Waals surface area (Å²) in [6.07, 6.45) is 9.53. The van der Waals surface area contributed by atoms with Crippen LogP contribution in [0.2, 0.25) is 5.02 Å². The summed E-state index contributed by atoms with van der Waals surface area (Å²) in [5.41, 5.74) is 5.11. The Morgan fingerprint density at radius 2 is 2.06 bits per heavy atom. The second-order valence-corrected chi connectivity index (χ2v) is 9.75. The summed E-state index contributed by atoms with van der Waals surface area (Å²) in [6.45, 7) is 2.47. The average Bonchev–Trinajstić information content (AvgIpc) is 3.71. The van der Waals surface area contributed by atoms with Gasteiger partial charge in [-0.3, -0.25) is 4.79 Å². The van der Waals surface area contributed by atoms with Crippen molar-refractivity contribution in [3.05, 3.63) is 82.5 Å². The number of halogens is 1. The van der Waals surface area contributed by atoms with Crippen LogP contribution in [0.15, 0.2) is 55.0 Å². The zero-order valence-electron chi connectivity index (χ0n) is 18.4. The molecule has 3 heterocycles. The van der Waals surface area contributed by atoms with E-state index >= 15 is 0 Å². The molecule has 8 heteroatoms. The van der Waals surface area contributed by atoms with Gasteiger partial charge in [-0.05, 0) is 67.3 Å². The van der Waals surface area contributed by atoms with E-state index in [9.17, 15) is 4.79 Å². The molecule has 0 aliphatic heterocycles. The van der Waals surface area contributed by atoms with Crippen LogP contribution in [0.25, 0.3) is 5.65 Å². The summed E-state index contributed by atoms with van der Waals surface area (Å²) in [4.78, 5) is 17.4. The molecule has 7 nitrogen and oxygen atoms in total. The van der Waals surface area contributed by atoms with Gasteiger partial charge in [-0.15, -0.1) is 5.10 Å². The van der Waals surface area contributed by atoms with E-state index in [1.807, 2.05) is 37.4 Å². The third-order valence-electron chi connectivity index (χ3n) is 6.66. The van der Waals surface area contributed by atoms with Gasteiger partial charge in [-0.1, -0.05) is 35.0 Å². The molecule has 2 saturated carbocycles. The highest BCUT2D eigenvalue weighted by molar-refractivity contribution is 6.30. The second kappa shape index (κ2) is 7.99. The van der Waals surface area contributed by atoms with Gasteiger partial charge in [0.25, 0.3) is 0 Å². The third kappa shape index (κ3) is 4.25. The number of pyridine rings is 1. The first-order valence-corrected chi connectivity index (χ1v) is 11.8. The minimum atomic E-state index is -0.214. The maximum Gasteiger partial charge on any atom is 0.224 e. The van der Waals surface area contributed by atoms with E-state index < -0.39 is 0 Å². The van der Waals surface area contributed by atoms with Gasteiger partial charge in [0, 0.05) is 23.3 Å². The largest absolute Gasteiger partial charge is 0.348 e. The highest BCUT2D eigenvalue weighted by Gasteiger charge is 2.44. The number of hydrogen-bond donors (Lipinski definition) is 1. The number of carbonyl (C=O) groups is 1. The lowest BCUT2D eigenvalue weighted by molar-refractivity contribution is -0.123. The second-order valence-electron chi connectivity index (χ2n) is 9.31. The fourth-order valence-corrected chi connectivity index (χ4v) is 4.73. The Hall–Kier alpha value is -3.19. The predicted molar refractivity (Wildman–Crippen MR) is 125 cm³/mol. The summed E-state index contributed by atoms with van der Waals surface area (Å²) in [5, 5.41) is 12.3. The summed E-state index contributed by atoms with van der Waals surface area (Å²) < 4.78 is 3.86. The predicted octanol–water partition coefficient (Wildman–Crippen LogP) is 4.49. The standard InChI is InChI=1S/C25H25ClN6O/c1-15(27-25(33)22-10-21(22)17-3-2-4-19(26)9-17)23-14-32(30-29-23)13-20-12-31-11-18(16-5-6-16)7-8-24(31)28-20/h2-4,7-9,11-12,14-16,21-22H,5-6,10,13H2,1H3,(H,27,33)/t15-,21+,22-/m0/s1. The van der Waals surface area contributed by atoms with Crippen molar-refractivity contribution in [3.8, 4) is 0 Å². The number of amides is 1. The van der Waals surface area contributed by atoms with Crippen LogP contribution in [0.1, 0.15) is 66.6 Å². The first kappa shape index (κ1) is 20.4. The highest BCUT2D eigenvalue weighted by Crippen LogP contribution is 2.48. The molecule has 3 aromatic heterocycles. The number of fused-ring (bicyclic) bond motifs is 1. The quantitative estimate of drug-likeness (QED) is 0.441. The Kier molecular flexibility index (Phi) is 4.94. The SMILES string of the molecule is C[C@H](NC(=O)[C@H]1C[C@@H]1c1cccc(Cl)c1)c1cn(Cc2cn3cc(C4CC4)ccc3n2)nn1. The first-order chi connectivity index (χ1) is 16.0. The van der Waals surface area contributed by atoms with Gasteiger partial charge in [0.15, 0.2) is 0 Å². The summed E-state index contributed by atoms with van der Waals surface area (Å²) >= 11 is 6.09. The van der Waals surface area contributed by atoms with Gasteiger partial charge in [0.1, 0.15) is 11.3 Å². The lowest BCUT2D eigenvalue weighted by atomic mass is 10.1. The van der Waals surface area contributed by atoms with E-state index in [0.29, 0.717) is 17.5 Å². The molecule has 0 saturated heterocycles. The van der Waals surface area contributed by atoms with Gasteiger partial charge >= 0.3 is 0 Å². The average molecular weight is 461 g/mol. The Morgan fingerprint density at radius 1 is 1.18 bits per heavy atom.